The van der Waals surface area contributed by atoms with Gasteiger partial charge in [-0.1, -0.05) is 50.8 Å². The van der Waals surface area contributed by atoms with Crippen LogP contribution in [-0.4, -0.2) is 31.1 Å². The smallest absolute Gasteiger partial charge is 0.305 e. The Bertz CT molecular complexity index is 506. The third kappa shape index (κ3) is 6.10. The number of ketones is 1. The van der Waals surface area contributed by atoms with E-state index >= 15 is 0 Å². The minimum Gasteiger partial charge on any atom is -0.469 e. The zero-order valence-corrected chi connectivity index (χ0v) is 15.7. The number of unbranched alkanes of at least 4 members (excludes halogenated alkanes) is 7. The van der Waals surface area contributed by atoms with E-state index in [9.17, 15) is 9.59 Å². The highest BCUT2D eigenvalue weighted by molar-refractivity contribution is 6.05. The van der Waals surface area contributed by atoms with Crippen LogP contribution >= 0.6 is 0 Å². The Morgan fingerprint density at radius 1 is 1.12 bits per heavy atom. The van der Waals surface area contributed by atoms with Crippen molar-refractivity contribution in [1.29, 1.82) is 0 Å². The van der Waals surface area contributed by atoms with Gasteiger partial charge in [0.05, 0.1) is 7.11 Å². The van der Waals surface area contributed by atoms with Crippen LogP contribution in [0.25, 0.3) is 0 Å². The highest BCUT2D eigenvalue weighted by Crippen LogP contribution is 2.45. The van der Waals surface area contributed by atoms with Gasteiger partial charge in [-0.3, -0.25) is 9.59 Å². The van der Waals surface area contributed by atoms with Crippen molar-refractivity contribution in [3.63, 3.8) is 0 Å². The molecule has 1 aliphatic carbocycles. The molecule has 0 bridgehead atoms. The van der Waals surface area contributed by atoms with E-state index in [4.69, 9.17) is 4.74 Å². The normalized spacial score (nSPS) is 26.4. The molecule has 2 aliphatic rings. The number of rotatable bonds is 12. The van der Waals surface area contributed by atoms with Gasteiger partial charge in [0.15, 0.2) is 5.78 Å². The molecule has 2 rings (SSSR count). The Balaban J connectivity index is 1.72. The van der Waals surface area contributed by atoms with Crippen LogP contribution in [0.15, 0.2) is 23.8 Å². The Morgan fingerprint density at radius 3 is 2.64 bits per heavy atom. The molecule has 1 heterocycles. The van der Waals surface area contributed by atoms with Crippen molar-refractivity contribution in [2.75, 3.05) is 7.11 Å². The number of allylic oxidation sites excluding steroid dienone is 2. The molecule has 0 aromatic carbocycles. The number of carbonyl (C=O) groups is 2. The third-order valence-electron chi connectivity index (χ3n) is 5.03. The molecule has 1 aliphatic heterocycles. The molecule has 2 fully saturated rings. The summed E-state index contributed by atoms with van der Waals surface area (Å²) in [6.07, 6.45) is 16.7. The number of fused-ring (bicyclic) bond motifs is 1. The Labute approximate surface area is 151 Å². The summed E-state index contributed by atoms with van der Waals surface area (Å²) >= 11 is 0. The molecule has 1 saturated heterocycles. The van der Waals surface area contributed by atoms with Gasteiger partial charge in [0.1, 0.15) is 12.2 Å². The average molecular weight is 348 g/mol. The molecule has 0 spiro atoms. The average Bonchev–Trinajstić information content (AvgIpc) is 3.36. The van der Waals surface area contributed by atoms with E-state index < -0.39 is 0 Å². The number of hydrogen-bond acceptors (Lipinski definition) is 4. The second kappa shape index (κ2) is 10.5. The van der Waals surface area contributed by atoms with Crippen molar-refractivity contribution in [3.8, 4) is 0 Å². The maximum absolute atomic E-state index is 12.3. The first-order valence-corrected chi connectivity index (χ1v) is 9.82. The van der Waals surface area contributed by atoms with E-state index in [0.29, 0.717) is 6.42 Å². The van der Waals surface area contributed by atoms with Gasteiger partial charge >= 0.3 is 5.97 Å². The molecule has 0 N–H and O–H groups in total. The number of esters is 1. The summed E-state index contributed by atoms with van der Waals surface area (Å²) in [6, 6.07) is 0. The van der Waals surface area contributed by atoms with Gasteiger partial charge in [0.25, 0.3) is 0 Å². The summed E-state index contributed by atoms with van der Waals surface area (Å²) in [5.41, 5.74) is 0.944. The van der Waals surface area contributed by atoms with Crippen LogP contribution in [0.5, 0.6) is 0 Å². The van der Waals surface area contributed by atoms with Gasteiger partial charge < -0.3 is 9.47 Å². The maximum Gasteiger partial charge on any atom is 0.305 e. The minimum atomic E-state index is -0.180. The molecule has 1 saturated carbocycles. The summed E-state index contributed by atoms with van der Waals surface area (Å²) in [5, 5.41) is 0. The first-order chi connectivity index (χ1) is 12.2. The fourth-order valence-corrected chi connectivity index (χ4v) is 3.45. The van der Waals surface area contributed by atoms with Gasteiger partial charge in [-0.25, -0.2) is 0 Å². The van der Waals surface area contributed by atoms with E-state index in [1.54, 1.807) is 0 Å². The predicted molar refractivity (Wildman–Crippen MR) is 98.2 cm³/mol. The van der Waals surface area contributed by atoms with Crippen molar-refractivity contribution >= 4 is 11.8 Å². The number of hydrogen-bond donors (Lipinski definition) is 0. The van der Waals surface area contributed by atoms with E-state index in [2.05, 4.69) is 29.9 Å². The minimum absolute atomic E-state index is 0.0879. The lowest BCUT2D eigenvalue weighted by molar-refractivity contribution is -0.140. The summed E-state index contributed by atoms with van der Waals surface area (Å²) < 4.78 is 10.1. The molecule has 25 heavy (non-hydrogen) atoms. The number of Topliss-reactive ketones (excluding diaryl/α,β-unsaturated/α-hetero) is 1. The molecule has 3 atom stereocenters. The van der Waals surface area contributed by atoms with Crippen molar-refractivity contribution in [2.24, 2.45) is 5.92 Å². The summed E-state index contributed by atoms with van der Waals surface area (Å²) in [6.45, 7) is 2.22. The standard InChI is InChI=1S/C21H32O4/c1-3-4-5-6-7-11-14-17-16(19(23)21-20(17)25-21)13-10-8-9-12-15-18(22)24-2/h11,13-14,17,20-21H,3-10,12,15H2,1-2H3. The lowest BCUT2D eigenvalue weighted by Crippen LogP contribution is -2.09. The number of ether oxygens (including phenoxy) is 2. The van der Waals surface area contributed by atoms with Gasteiger partial charge in [-0.15, -0.1) is 0 Å². The molecule has 140 valence electrons. The first kappa shape index (κ1) is 19.9. The van der Waals surface area contributed by atoms with Gasteiger partial charge in [0.2, 0.25) is 0 Å². The van der Waals surface area contributed by atoms with Gasteiger partial charge in [-0.05, 0) is 32.1 Å². The molecule has 0 aromatic heterocycles. The van der Waals surface area contributed by atoms with Crippen molar-refractivity contribution < 1.29 is 19.1 Å². The first-order valence-electron chi connectivity index (χ1n) is 9.82. The predicted octanol–water partition coefficient (Wildman–Crippen LogP) is 4.53. The maximum atomic E-state index is 12.3. The topological polar surface area (TPSA) is 55.9 Å². The summed E-state index contributed by atoms with van der Waals surface area (Å²) in [7, 11) is 1.42. The van der Waals surface area contributed by atoms with Crippen LogP contribution < -0.4 is 0 Å². The van der Waals surface area contributed by atoms with Crippen LogP contribution in [0.4, 0.5) is 0 Å². The largest absolute Gasteiger partial charge is 0.469 e. The lowest BCUT2D eigenvalue weighted by atomic mass is 9.97. The van der Waals surface area contributed by atoms with Crippen LogP contribution in [-0.2, 0) is 19.1 Å². The summed E-state index contributed by atoms with van der Waals surface area (Å²) in [4.78, 5) is 23.4. The van der Waals surface area contributed by atoms with Gasteiger partial charge in [0, 0.05) is 17.9 Å². The van der Waals surface area contributed by atoms with E-state index in [1.165, 1.54) is 32.8 Å². The number of methoxy groups -OCH3 is 1. The second-order valence-electron chi connectivity index (χ2n) is 7.02. The lowest BCUT2D eigenvalue weighted by Gasteiger charge is -2.09. The molecule has 0 radical (unpaired) electrons. The molecule has 0 aromatic rings. The Morgan fingerprint density at radius 2 is 1.88 bits per heavy atom. The molecule has 0 amide bonds. The van der Waals surface area contributed by atoms with Crippen molar-refractivity contribution in [1.82, 2.24) is 0 Å². The van der Waals surface area contributed by atoms with Crippen LogP contribution in [0.3, 0.4) is 0 Å². The van der Waals surface area contributed by atoms with Crippen molar-refractivity contribution in [2.45, 2.75) is 83.3 Å². The quantitative estimate of drug-likeness (QED) is 0.171. The molecule has 4 nitrogen and oxygen atoms in total. The van der Waals surface area contributed by atoms with E-state index in [1.807, 2.05) is 0 Å². The zero-order valence-electron chi connectivity index (χ0n) is 15.7. The molecule has 3 unspecified atom stereocenters. The molecular weight excluding hydrogens is 316 g/mol. The molecule has 4 heteroatoms. The SMILES string of the molecule is CCCCCCC=CC1C(=CCCCCCC(=O)OC)C(=O)C2OC12. The number of epoxide rings is 1. The number of carbonyl (C=O) groups excluding carboxylic acids is 2. The zero-order chi connectivity index (χ0) is 18.1. The van der Waals surface area contributed by atoms with Crippen LogP contribution in [0, 0.1) is 5.92 Å². The Hall–Kier alpha value is -1.42. The fraction of sp³-hybridized carbons (Fsp3) is 0.714. The van der Waals surface area contributed by atoms with Gasteiger partial charge in [-0.2, -0.15) is 0 Å². The summed E-state index contributed by atoms with van der Waals surface area (Å²) in [5.74, 6) is 0.185. The monoisotopic (exact) mass is 348 g/mol. The fourth-order valence-electron chi connectivity index (χ4n) is 3.45. The van der Waals surface area contributed by atoms with Crippen molar-refractivity contribution in [3.05, 3.63) is 23.8 Å². The van der Waals surface area contributed by atoms with Crippen LogP contribution in [0.1, 0.15) is 71.1 Å². The van der Waals surface area contributed by atoms with E-state index in [-0.39, 0.29) is 29.9 Å². The Kier molecular flexibility index (Phi) is 8.39. The highest BCUT2D eigenvalue weighted by Gasteiger charge is 2.58. The second-order valence-corrected chi connectivity index (χ2v) is 7.02. The highest BCUT2D eigenvalue weighted by atomic mass is 16.6. The van der Waals surface area contributed by atoms with Crippen LogP contribution in [0.2, 0.25) is 0 Å². The molecular formula is C21H32O4. The third-order valence-corrected chi connectivity index (χ3v) is 5.03. The van der Waals surface area contributed by atoms with E-state index in [0.717, 1.165) is 37.7 Å².